The predicted octanol–water partition coefficient (Wildman–Crippen LogP) is 1.42. The highest BCUT2D eigenvalue weighted by Gasteiger charge is 2.31. The molecule has 1 atom stereocenters. The molecule has 1 aromatic rings. The molecule has 0 saturated heterocycles. The van der Waals surface area contributed by atoms with Gasteiger partial charge in [0.25, 0.3) is 0 Å². The topological polar surface area (TPSA) is 63.3 Å². The van der Waals surface area contributed by atoms with Gasteiger partial charge >= 0.3 is 5.97 Å². The van der Waals surface area contributed by atoms with E-state index in [1.165, 1.54) is 12.1 Å². The van der Waals surface area contributed by atoms with Crippen molar-refractivity contribution in [3.63, 3.8) is 0 Å². The number of carboxylic acid groups (broad SMARTS) is 1. The molecule has 1 aromatic carbocycles. The SMILES string of the molecule is CC(CN)(Cc1cccc(F)c1)C(=O)O. The maximum Gasteiger partial charge on any atom is 0.310 e. The minimum atomic E-state index is -1.03. The van der Waals surface area contributed by atoms with Gasteiger partial charge in [0, 0.05) is 6.54 Å². The van der Waals surface area contributed by atoms with Crippen molar-refractivity contribution in [1.29, 1.82) is 0 Å². The van der Waals surface area contributed by atoms with Crippen LogP contribution in [0.25, 0.3) is 0 Å². The van der Waals surface area contributed by atoms with E-state index in [4.69, 9.17) is 10.8 Å². The smallest absolute Gasteiger partial charge is 0.310 e. The van der Waals surface area contributed by atoms with E-state index in [0.29, 0.717) is 5.56 Å². The van der Waals surface area contributed by atoms with Gasteiger partial charge in [0.15, 0.2) is 0 Å². The number of benzene rings is 1. The largest absolute Gasteiger partial charge is 0.481 e. The van der Waals surface area contributed by atoms with Gasteiger partial charge in [-0.15, -0.1) is 0 Å². The van der Waals surface area contributed by atoms with Gasteiger partial charge in [0.1, 0.15) is 5.82 Å². The van der Waals surface area contributed by atoms with Crippen molar-refractivity contribution in [3.8, 4) is 0 Å². The van der Waals surface area contributed by atoms with Crippen molar-refractivity contribution in [2.75, 3.05) is 6.54 Å². The lowest BCUT2D eigenvalue weighted by molar-refractivity contribution is -0.147. The van der Waals surface area contributed by atoms with E-state index in [1.807, 2.05) is 0 Å². The molecule has 0 aromatic heterocycles. The van der Waals surface area contributed by atoms with Crippen LogP contribution in [0, 0.1) is 11.2 Å². The molecule has 3 N–H and O–H groups in total. The van der Waals surface area contributed by atoms with Crippen LogP contribution in [-0.4, -0.2) is 17.6 Å². The highest BCUT2D eigenvalue weighted by Crippen LogP contribution is 2.21. The van der Waals surface area contributed by atoms with Gasteiger partial charge in [0.05, 0.1) is 5.41 Å². The lowest BCUT2D eigenvalue weighted by Gasteiger charge is -2.22. The van der Waals surface area contributed by atoms with Crippen molar-refractivity contribution in [1.82, 2.24) is 0 Å². The second-order valence-electron chi connectivity index (χ2n) is 3.88. The van der Waals surface area contributed by atoms with E-state index in [0.717, 1.165) is 0 Å². The Kier molecular flexibility index (Phi) is 3.42. The fourth-order valence-corrected chi connectivity index (χ4v) is 1.33. The van der Waals surface area contributed by atoms with E-state index in [2.05, 4.69) is 0 Å². The molecule has 0 aliphatic carbocycles. The minimum Gasteiger partial charge on any atom is -0.481 e. The highest BCUT2D eigenvalue weighted by atomic mass is 19.1. The summed E-state index contributed by atoms with van der Waals surface area (Å²) >= 11 is 0. The first-order valence-electron chi connectivity index (χ1n) is 4.66. The molecule has 0 heterocycles. The molecule has 0 amide bonds. The Hall–Kier alpha value is -1.42. The normalized spacial score (nSPS) is 14.6. The van der Waals surface area contributed by atoms with Crippen LogP contribution in [0.3, 0.4) is 0 Å². The van der Waals surface area contributed by atoms with Gasteiger partial charge in [0.2, 0.25) is 0 Å². The van der Waals surface area contributed by atoms with Gasteiger partial charge in [-0.25, -0.2) is 4.39 Å². The van der Waals surface area contributed by atoms with E-state index in [9.17, 15) is 9.18 Å². The van der Waals surface area contributed by atoms with Crippen molar-refractivity contribution in [2.45, 2.75) is 13.3 Å². The molecule has 82 valence electrons. The molecular formula is C11H14FNO2. The number of hydrogen-bond acceptors (Lipinski definition) is 2. The van der Waals surface area contributed by atoms with Gasteiger partial charge in [-0.2, -0.15) is 0 Å². The van der Waals surface area contributed by atoms with E-state index in [1.54, 1.807) is 19.1 Å². The summed E-state index contributed by atoms with van der Waals surface area (Å²) in [6, 6.07) is 5.91. The molecule has 0 aliphatic rings. The summed E-state index contributed by atoms with van der Waals surface area (Å²) in [4.78, 5) is 11.0. The predicted molar refractivity (Wildman–Crippen MR) is 54.9 cm³/mol. The number of hydrogen-bond donors (Lipinski definition) is 2. The van der Waals surface area contributed by atoms with Crippen LogP contribution >= 0.6 is 0 Å². The molecule has 1 rings (SSSR count). The lowest BCUT2D eigenvalue weighted by atomic mass is 9.84. The first-order chi connectivity index (χ1) is 6.98. The molecule has 4 heteroatoms. The first-order valence-corrected chi connectivity index (χ1v) is 4.66. The summed E-state index contributed by atoms with van der Waals surface area (Å²) < 4.78 is 12.9. The zero-order valence-corrected chi connectivity index (χ0v) is 8.53. The number of aliphatic carboxylic acids is 1. The summed E-state index contributed by atoms with van der Waals surface area (Å²) in [5.74, 6) is -1.33. The second-order valence-corrected chi connectivity index (χ2v) is 3.88. The minimum absolute atomic E-state index is 0.0266. The average molecular weight is 211 g/mol. The zero-order chi connectivity index (χ0) is 11.5. The summed E-state index contributed by atoms with van der Waals surface area (Å²) in [5, 5.41) is 8.99. The van der Waals surface area contributed by atoms with Gasteiger partial charge in [-0.05, 0) is 31.0 Å². The molecule has 3 nitrogen and oxygen atoms in total. The highest BCUT2D eigenvalue weighted by molar-refractivity contribution is 5.74. The standard InChI is InChI=1S/C11H14FNO2/c1-11(7-13,10(14)15)6-8-3-2-4-9(12)5-8/h2-5H,6-7,13H2,1H3,(H,14,15). The molecule has 15 heavy (non-hydrogen) atoms. The molecule has 0 radical (unpaired) electrons. The molecule has 0 saturated carbocycles. The third-order valence-electron chi connectivity index (χ3n) is 2.45. The third-order valence-corrected chi connectivity index (χ3v) is 2.45. The number of nitrogens with two attached hydrogens (primary N) is 1. The Morgan fingerprint density at radius 2 is 2.27 bits per heavy atom. The van der Waals surface area contributed by atoms with E-state index < -0.39 is 11.4 Å². The maximum atomic E-state index is 12.9. The van der Waals surface area contributed by atoms with Gasteiger partial charge in [-0.1, -0.05) is 12.1 Å². The Balaban J connectivity index is 2.89. The Labute approximate surface area is 87.7 Å². The van der Waals surface area contributed by atoms with Crippen molar-refractivity contribution in [2.24, 2.45) is 11.1 Å². The number of halogens is 1. The van der Waals surface area contributed by atoms with Crippen LogP contribution in [0.5, 0.6) is 0 Å². The molecule has 0 bridgehead atoms. The molecule has 0 aliphatic heterocycles. The summed E-state index contributed by atoms with van der Waals surface area (Å²) in [6.45, 7) is 1.58. The fourth-order valence-electron chi connectivity index (χ4n) is 1.33. The summed E-state index contributed by atoms with van der Waals surface area (Å²) in [6.07, 6.45) is 0.233. The van der Waals surface area contributed by atoms with Crippen molar-refractivity contribution >= 4 is 5.97 Å². The quantitative estimate of drug-likeness (QED) is 0.791. The molecule has 0 spiro atoms. The Morgan fingerprint density at radius 3 is 2.73 bits per heavy atom. The molecule has 1 unspecified atom stereocenters. The monoisotopic (exact) mass is 211 g/mol. The van der Waals surface area contributed by atoms with E-state index in [-0.39, 0.29) is 18.8 Å². The second kappa shape index (κ2) is 4.40. The van der Waals surface area contributed by atoms with E-state index >= 15 is 0 Å². The van der Waals surface area contributed by atoms with Crippen LogP contribution in [0.1, 0.15) is 12.5 Å². The zero-order valence-electron chi connectivity index (χ0n) is 8.53. The van der Waals surface area contributed by atoms with Crippen LogP contribution in [0.15, 0.2) is 24.3 Å². The van der Waals surface area contributed by atoms with Crippen molar-refractivity contribution < 1.29 is 14.3 Å². The van der Waals surface area contributed by atoms with Gasteiger partial charge in [-0.3, -0.25) is 4.79 Å². The number of carbonyl (C=O) groups is 1. The van der Waals surface area contributed by atoms with Crippen LogP contribution < -0.4 is 5.73 Å². The summed E-state index contributed by atoms with van der Waals surface area (Å²) in [7, 11) is 0. The van der Waals surface area contributed by atoms with Gasteiger partial charge < -0.3 is 10.8 Å². The average Bonchev–Trinajstić information content (AvgIpc) is 2.17. The van der Waals surface area contributed by atoms with Crippen LogP contribution in [-0.2, 0) is 11.2 Å². The third kappa shape index (κ3) is 2.76. The molecular weight excluding hydrogens is 197 g/mol. The lowest BCUT2D eigenvalue weighted by Crippen LogP contribution is -2.37. The van der Waals surface area contributed by atoms with Crippen LogP contribution in [0.4, 0.5) is 4.39 Å². The fraction of sp³-hybridized carbons (Fsp3) is 0.364. The van der Waals surface area contributed by atoms with Crippen molar-refractivity contribution in [3.05, 3.63) is 35.6 Å². The maximum absolute atomic E-state index is 12.9. The Morgan fingerprint density at radius 1 is 1.60 bits per heavy atom. The summed E-state index contributed by atoms with van der Waals surface area (Å²) in [5.41, 5.74) is 5.03. The van der Waals surface area contributed by atoms with Crippen LogP contribution in [0.2, 0.25) is 0 Å². The Bertz CT molecular complexity index is 367. The number of carboxylic acids is 1. The first kappa shape index (κ1) is 11.7. The molecule has 0 fully saturated rings. The number of rotatable bonds is 4.